The quantitative estimate of drug-likeness (QED) is 0.415. The molecule has 0 fully saturated rings. The third-order valence-electron chi connectivity index (χ3n) is 2.93. The Balaban J connectivity index is 0.00000106. The van der Waals surface area contributed by atoms with Gasteiger partial charge in [0.2, 0.25) is 0 Å². The molecule has 2 aromatic rings. The van der Waals surface area contributed by atoms with Crippen LogP contribution in [0.4, 0.5) is 0 Å². The molecule has 0 saturated heterocycles. The Morgan fingerprint density at radius 1 is 1.00 bits per heavy atom. The first-order valence-corrected chi connectivity index (χ1v) is 8.72. The van der Waals surface area contributed by atoms with Crippen LogP contribution in [0.1, 0.15) is 50.3 Å². The minimum atomic E-state index is 0.115. The van der Waals surface area contributed by atoms with Crippen molar-refractivity contribution in [2.45, 2.75) is 49.6 Å². The summed E-state index contributed by atoms with van der Waals surface area (Å²) in [4.78, 5) is 4.32. The van der Waals surface area contributed by atoms with Crippen molar-refractivity contribution < 1.29 is 0 Å². The van der Waals surface area contributed by atoms with Gasteiger partial charge in [0.15, 0.2) is 0 Å². The van der Waals surface area contributed by atoms with E-state index in [0.717, 1.165) is 5.03 Å². The van der Waals surface area contributed by atoms with E-state index >= 15 is 0 Å². The number of rotatable bonds is 3. The molecule has 1 aromatic heterocycles. The zero-order valence-corrected chi connectivity index (χ0v) is 15.2. The maximum atomic E-state index is 4.66. The Hall–Kier alpha value is -0.930. The van der Waals surface area contributed by atoms with Crippen molar-refractivity contribution >= 4 is 24.4 Å². The highest BCUT2D eigenvalue weighted by Crippen LogP contribution is 2.37. The predicted octanol–water partition coefficient (Wildman–Crippen LogP) is 6.13. The molecule has 0 radical (unpaired) electrons. The lowest BCUT2D eigenvalue weighted by Gasteiger charge is -2.20. The summed E-state index contributed by atoms with van der Waals surface area (Å²) < 4.78 is 0.115. The average Bonchev–Trinajstić information content (AvgIpc) is 2.49. The fourth-order valence-electron chi connectivity index (χ4n) is 1.75. The van der Waals surface area contributed by atoms with Crippen LogP contribution >= 0.6 is 24.4 Å². The molecule has 0 aliphatic carbocycles. The van der Waals surface area contributed by atoms with Crippen molar-refractivity contribution in [2.24, 2.45) is 0 Å². The molecule has 0 spiro atoms. The normalized spacial score (nSPS) is 12.3. The lowest BCUT2D eigenvalue weighted by atomic mass is 9.87. The molecule has 0 saturated carbocycles. The van der Waals surface area contributed by atoms with Crippen LogP contribution in [0, 0.1) is 0 Å². The van der Waals surface area contributed by atoms with Crippen LogP contribution in [-0.2, 0) is 5.41 Å². The highest BCUT2D eigenvalue weighted by atomic mass is 32.2. The third-order valence-corrected chi connectivity index (χ3v) is 4.52. The summed E-state index contributed by atoms with van der Waals surface area (Å²) in [5, 5.41) is 1.00. The van der Waals surface area contributed by atoms with E-state index in [4.69, 9.17) is 0 Å². The molecule has 1 heterocycles. The molecule has 0 aliphatic rings. The molecule has 1 nitrogen and oxygen atoms in total. The second kappa shape index (κ2) is 8.50. The van der Waals surface area contributed by atoms with Gasteiger partial charge >= 0.3 is 0 Å². The van der Waals surface area contributed by atoms with Crippen molar-refractivity contribution in [1.82, 2.24) is 4.98 Å². The molecular weight excluding hydrogens is 294 g/mol. The molecule has 114 valence electrons. The fourth-order valence-corrected chi connectivity index (χ4v) is 3.04. The van der Waals surface area contributed by atoms with Crippen molar-refractivity contribution in [3.63, 3.8) is 0 Å². The van der Waals surface area contributed by atoms with Crippen LogP contribution in [0.25, 0.3) is 0 Å². The standard InChI is InChI=1S/C16H19NS2.C2H6/c1-16(2,3)13-9-7-12(8-10-13)15(18)19-14-6-4-5-11-17-14;1-2/h4-11,15,18H,1-3H3;1-2H3. The molecule has 2 rings (SSSR count). The minimum absolute atomic E-state index is 0.115. The molecule has 21 heavy (non-hydrogen) atoms. The molecule has 0 aliphatic heterocycles. The van der Waals surface area contributed by atoms with Gasteiger partial charge in [-0.1, -0.05) is 76.7 Å². The summed E-state index contributed by atoms with van der Waals surface area (Å²) in [5.41, 5.74) is 2.75. The van der Waals surface area contributed by atoms with Gasteiger partial charge in [-0.2, -0.15) is 12.6 Å². The number of hydrogen-bond donors (Lipinski definition) is 1. The Labute approximate surface area is 139 Å². The summed E-state index contributed by atoms with van der Waals surface area (Å²) in [6.45, 7) is 10.7. The Bertz CT molecular complexity index is 515. The van der Waals surface area contributed by atoms with Gasteiger partial charge in [-0.3, -0.25) is 0 Å². The number of benzene rings is 1. The van der Waals surface area contributed by atoms with Crippen LogP contribution < -0.4 is 0 Å². The lowest BCUT2D eigenvalue weighted by Crippen LogP contribution is -2.10. The molecular formula is C18H25NS2. The Kier molecular flexibility index (Phi) is 7.33. The largest absolute Gasteiger partial charge is 0.250 e. The van der Waals surface area contributed by atoms with Crippen LogP contribution in [0.3, 0.4) is 0 Å². The Morgan fingerprint density at radius 2 is 1.62 bits per heavy atom. The first-order chi connectivity index (χ1) is 9.97. The number of pyridine rings is 1. The second-order valence-corrected chi connectivity index (χ2v) is 7.50. The van der Waals surface area contributed by atoms with E-state index in [1.165, 1.54) is 11.1 Å². The second-order valence-electron chi connectivity index (χ2n) is 5.51. The highest BCUT2D eigenvalue weighted by molar-refractivity contribution is 8.09. The first-order valence-electron chi connectivity index (χ1n) is 7.33. The van der Waals surface area contributed by atoms with E-state index in [9.17, 15) is 0 Å². The zero-order chi connectivity index (χ0) is 15.9. The summed E-state index contributed by atoms with van der Waals surface area (Å²) in [6, 6.07) is 14.6. The molecule has 1 unspecified atom stereocenters. The first kappa shape index (κ1) is 18.1. The van der Waals surface area contributed by atoms with Crippen LogP contribution in [0.2, 0.25) is 0 Å². The topological polar surface area (TPSA) is 12.9 Å². The average molecular weight is 320 g/mol. The maximum absolute atomic E-state index is 4.66. The summed E-state index contributed by atoms with van der Waals surface area (Å²) in [5.74, 6) is 0. The predicted molar refractivity (Wildman–Crippen MR) is 98.3 cm³/mol. The number of thioether (sulfide) groups is 1. The van der Waals surface area contributed by atoms with Crippen LogP contribution in [0.5, 0.6) is 0 Å². The zero-order valence-electron chi connectivity index (χ0n) is 13.5. The molecule has 3 heteroatoms. The number of aromatic nitrogens is 1. The number of hydrogen-bond acceptors (Lipinski definition) is 3. The Morgan fingerprint density at radius 3 is 2.10 bits per heavy atom. The van der Waals surface area contributed by atoms with Gasteiger partial charge in [0.05, 0.1) is 9.61 Å². The third kappa shape index (κ3) is 5.76. The summed E-state index contributed by atoms with van der Waals surface area (Å²) in [7, 11) is 0. The van der Waals surface area contributed by atoms with Gasteiger partial charge in [0.25, 0.3) is 0 Å². The van der Waals surface area contributed by atoms with E-state index in [0.29, 0.717) is 0 Å². The van der Waals surface area contributed by atoms with Crippen LogP contribution in [-0.4, -0.2) is 4.98 Å². The van der Waals surface area contributed by atoms with Gasteiger partial charge in [-0.25, -0.2) is 4.98 Å². The van der Waals surface area contributed by atoms with Gasteiger partial charge in [-0.15, -0.1) is 0 Å². The van der Waals surface area contributed by atoms with Crippen molar-refractivity contribution in [1.29, 1.82) is 0 Å². The SMILES string of the molecule is CC.CC(C)(C)c1ccc(C(S)Sc2ccccn2)cc1. The molecule has 0 amide bonds. The van der Waals surface area contributed by atoms with Crippen molar-refractivity contribution in [2.75, 3.05) is 0 Å². The summed E-state index contributed by atoms with van der Waals surface area (Å²) in [6.07, 6.45) is 1.81. The van der Waals surface area contributed by atoms with E-state index in [2.05, 4.69) is 62.6 Å². The smallest absolute Gasteiger partial charge is 0.0973 e. The lowest BCUT2D eigenvalue weighted by molar-refractivity contribution is 0.590. The number of nitrogens with zero attached hydrogens (tertiary/aromatic N) is 1. The highest BCUT2D eigenvalue weighted by Gasteiger charge is 2.14. The summed E-state index contributed by atoms with van der Waals surface area (Å²) >= 11 is 6.32. The fraction of sp³-hybridized carbons (Fsp3) is 0.389. The van der Waals surface area contributed by atoms with Gasteiger partial charge in [0.1, 0.15) is 0 Å². The van der Waals surface area contributed by atoms with E-state index in [1.807, 2.05) is 38.2 Å². The monoisotopic (exact) mass is 319 g/mol. The van der Waals surface area contributed by atoms with E-state index < -0.39 is 0 Å². The molecule has 1 atom stereocenters. The van der Waals surface area contributed by atoms with E-state index in [1.54, 1.807) is 11.8 Å². The van der Waals surface area contributed by atoms with Gasteiger partial charge in [-0.05, 0) is 28.7 Å². The minimum Gasteiger partial charge on any atom is -0.250 e. The van der Waals surface area contributed by atoms with E-state index in [-0.39, 0.29) is 10.00 Å². The van der Waals surface area contributed by atoms with Crippen molar-refractivity contribution in [3.8, 4) is 0 Å². The molecule has 1 aromatic carbocycles. The van der Waals surface area contributed by atoms with Gasteiger partial charge < -0.3 is 0 Å². The number of thiol groups is 1. The van der Waals surface area contributed by atoms with Crippen molar-refractivity contribution in [3.05, 3.63) is 59.8 Å². The van der Waals surface area contributed by atoms with Crippen LogP contribution in [0.15, 0.2) is 53.7 Å². The van der Waals surface area contributed by atoms with Gasteiger partial charge in [0, 0.05) is 6.20 Å². The molecule has 0 N–H and O–H groups in total. The molecule has 0 bridgehead atoms. The maximum Gasteiger partial charge on any atom is 0.0973 e.